The molecule has 0 aromatic carbocycles. The highest BCUT2D eigenvalue weighted by atomic mass is 35.5. The van der Waals surface area contributed by atoms with Crippen LogP contribution < -0.4 is 5.32 Å². The summed E-state index contributed by atoms with van der Waals surface area (Å²) in [6, 6.07) is 0.837. The number of alkyl halides is 6. The van der Waals surface area contributed by atoms with Gasteiger partial charge in [0.2, 0.25) is 5.91 Å². The van der Waals surface area contributed by atoms with Gasteiger partial charge in [0.05, 0.1) is 5.92 Å². The van der Waals surface area contributed by atoms with Gasteiger partial charge in [-0.2, -0.15) is 33.3 Å². The summed E-state index contributed by atoms with van der Waals surface area (Å²) < 4.78 is 66.8. The molecule has 0 bridgehead atoms. The molecule has 2 amide bonds. The molecule has 14 heteroatoms. The van der Waals surface area contributed by atoms with Gasteiger partial charge < -0.3 is 15.1 Å². The van der Waals surface area contributed by atoms with Gasteiger partial charge >= 0.3 is 18.0 Å². The Morgan fingerprint density at radius 2 is 1.92 bits per heavy atom. The van der Waals surface area contributed by atoms with Crippen molar-refractivity contribution in [3.8, 4) is 0 Å². The molecule has 0 radical (unpaired) electrons. The normalized spacial score (nSPS) is 22.4. The largest absolute Gasteiger partial charge is 0.463 e. The molecule has 2 aliphatic heterocycles. The van der Waals surface area contributed by atoms with Gasteiger partial charge in [-0.1, -0.05) is 28.8 Å². The van der Waals surface area contributed by atoms with E-state index >= 15 is 0 Å². The number of likely N-dealkylation sites (tertiary alicyclic amines) is 1. The standard InChI is InChI=1S/C24H29Cl2F5N4O2S/c1-14-11-18(25)33-20(26)19(14)21(36)32-7-3-15(2)34-8-4-17(5-9-34)35(12-16-6-10-38-13-16)22(37)23(27,28)24(29,30)31/h6,10-11,13,15,17,19-20H,3-5,7-9,12H2,1-2H3,(H,32,36)/t15-,19?,20?/m1/s1. The van der Waals surface area contributed by atoms with E-state index in [2.05, 4.69) is 15.2 Å². The summed E-state index contributed by atoms with van der Waals surface area (Å²) in [6.45, 7) is 4.55. The Balaban J connectivity index is 1.55. The fraction of sp³-hybridized carbons (Fsp3) is 0.625. The first kappa shape index (κ1) is 30.8. The zero-order valence-corrected chi connectivity index (χ0v) is 23.1. The summed E-state index contributed by atoms with van der Waals surface area (Å²) in [4.78, 5) is 31.8. The highest BCUT2D eigenvalue weighted by molar-refractivity contribution is 7.07. The van der Waals surface area contributed by atoms with E-state index < -0.39 is 35.5 Å². The fourth-order valence-corrected chi connectivity index (χ4v) is 6.04. The zero-order valence-electron chi connectivity index (χ0n) is 20.8. The van der Waals surface area contributed by atoms with Gasteiger partial charge in [-0.05, 0) is 61.6 Å². The number of rotatable bonds is 9. The molecule has 2 aliphatic rings. The SMILES string of the molecule is CC1=CC(Cl)=NC(Cl)C1C(=O)NCC[C@@H](C)N1CCC(N(Cc2ccsc2)C(=O)C(F)(F)C(F)(F)F)CC1. The lowest BCUT2D eigenvalue weighted by molar-refractivity contribution is -0.275. The van der Waals surface area contributed by atoms with Crippen LogP contribution in [-0.4, -0.2) is 76.1 Å². The maximum Gasteiger partial charge on any atom is 0.463 e. The number of carbonyl (C=O) groups is 2. The van der Waals surface area contributed by atoms with Gasteiger partial charge in [0, 0.05) is 38.3 Å². The number of dihydropyridines is 1. The van der Waals surface area contributed by atoms with E-state index in [0.29, 0.717) is 42.1 Å². The number of allylic oxidation sites excluding steroid dienone is 1. The Morgan fingerprint density at radius 3 is 2.47 bits per heavy atom. The van der Waals surface area contributed by atoms with Gasteiger partial charge in [0.25, 0.3) is 0 Å². The summed E-state index contributed by atoms with van der Waals surface area (Å²) in [6.07, 6.45) is -3.30. The molecule has 38 heavy (non-hydrogen) atoms. The van der Waals surface area contributed by atoms with Crippen LogP contribution in [0.2, 0.25) is 0 Å². The molecule has 1 fully saturated rings. The lowest BCUT2D eigenvalue weighted by Crippen LogP contribution is -2.57. The van der Waals surface area contributed by atoms with Gasteiger partial charge in [-0.25, -0.2) is 0 Å². The third kappa shape index (κ3) is 7.25. The topological polar surface area (TPSA) is 65.0 Å². The Morgan fingerprint density at radius 1 is 1.26 bits per heavy atom. The maximum atomic E-state index is 14.0. The van der Waals surface area contributed by atoms with Crippen LogP contribution >= 0.6 is 34.5 Å². The van der Waals surface area contributed by atoms with Gasteiger partial charge in [0.1, 0.15) is 10.7 Å². The van der Waals surface area contributed by atoms with E-state index in [1.54, 1.807) is 29.8 Å². The van der Waals surface area contributed by atoms with Crippen molar-refractivity contribution in [2.24, 2.45) is 10.9 Å². The number of thiophene rings is 1. The summed E-state index contributed by atoms with van der Waals surface area (Å²) >= 11 is 13.3. The molecule has 3 heterocycles. The van der Waals surface area contributed by atoms with Crippen molar-refractivity contribution in [3.05, 3.63) is 34.0 Å². The minimum absolute atomic E-state index is 0.00356. The van der Waals surface area contributed by atoms with E-state index in [1.165, 1.54) is 11.3 Å². The molecule has 0 saturated carbocycles. The number of nitrogens with zero attached hydrogens (tertiary/aromatic N) is 3. The van der Waals surface area contributed by atoms with Crippen molar-refractivity contribution in [1.82, 2.24) is 15.1 Å². The minimum atomic E-state index is -5.97. The number of hydrogen-bond acceptors (Lipinski definition) is 5. The predicted octanol–water partition coefficient (Wildman–Crippen LogP) is 5.41. The average Bonchev–Trinajstić information content (AvgIpc) is 3.34. The van der Waals surface area contributed by atoms with Gasteiger partial charge in [-0.15, -0.1) is 0 Å². The van der Waals surface area contributed by atoms with Gasteiger partial charge in [0.15, 0.2) is 0 Å². The number of piperidine rings is 1. The lowest BCUT2D eigenvalue weighted by atomic mass is 9.97. The highest BCUT2D eigenvalue weighted by Gasteiger charge is 2.65. The Kier molecular flexibility index (Phi) is 10.2. The first-order valence-corrected chi connectivity index (χ1v) is 13.8. The van der Waals surface area contributed by atoms with Crippen LogP contribution in [0.4, 0.5) is 22.0 Å². The van der Waals surface area contributed by atoms with Crippen molar-refractivity contribution < 1.29 is 31.5 Å². The summed E-state index contributed by atoms with van der Waals surface area (Å²) in [7, 11) is 0. The lowest BCUT2D eigenvalue weighted by Gasteiger charge is -2.41. The predicted molar refractivity (Wildman–Crippen MR) is 138 cm³/mol. The maximum absolute atomic E-state index is 14.0. The number of aliphatic imine (C=N–C) groups is 1. The van der Waals surface area contributed by atoms with Crippen LogP contribution in [-0.2, 0) is 16.1 Å². The van der Waals surface area contributed by atoms with E-state index in [9.17, 15) is 31.5 Å². The van der Waals surface area contributed by atoms with Gasteiger partial charge in [-0.3, -0.25) is 14.6 Å². The Labute approximate surface area is 231 Å². The molecule has 212 valence electrons. The first-order chi connectivity index (χ1) is 17.7. The Hall–Kier alpha value is -1.76. The van der Waals surface area contributed by atoms with Crippen LogP contribution in [0.5, 0.6) is 0 Å². The van der Waals surface area contributed by atoms with Crippen LogP contribution in [0.1, 0.15) is 38.7 Å². The number of amides is 2. The molecule has 0 aliphatic carbocycles. The van der Waals surface area contributed by atoms with Crippen molar-refractivity contribution in [1.29, 1.82) is 0 Å². The summed E-state index contributed by atoms with van der Waals surface area (Å²) in [5, 5.41) is 6.38. The highest BCUT2D eigenvalue weighted by Crippen LogP contribution is 2.38. The van der Waals surface area contributed by atoms with E-state index in [1.807, 2.05) is 6.92 Å². The summed E-state index contributed by atoms with van der Waals surface area (Å²) in [5.74, 6) is -8.59. The Bertz CT molecular complexity index is 1040. The number of nitrogens with one attached hydrogen (secondary N) is 1. The molecule has 3 atom stereocenters. The van der Waals surface area contributed by atoms with Crippen LogP contribution in [0.15, 0.2) is 33.5 Å². The molecule has 1 aromatic rings. The van der Waals surface area contributed by atoms with Crippen LogP contribution in [0.25, 0.3) is 0 Å². The van der Waals surface area contributed by atoms with Crippen molar-refractivity contribution in [2.45, 2.75) is 69.3 Å². The third-order valence-electron chi connectivity index (χ3n) is 6.88. The average molecular weight is 603 g/mol. The molecule has 0 spiro atoms. The second kappa shape index (κ2) is 12.6. The second-order valence-corrected chi connectivity index (χ2v) is 11.1. The fourth-order valence-electron chi connectivity index (χ4n) is 4.64. The molecule has 1 N–H and O–H groups in total. The van der Waals surface area contributed by atoms with Crippen LogP contribution in [0.3, 0.4) is 0 Å². The van der Waals surface area contributed by atoms with E-state index in [-0.39, 0.29) is 36.5 Å². The third-order valence-corrected chi connectivity index (χ3v) is 8.17. The van der Waals surface area contributed by atoms with E-state index in [0.717, 1.165) is 0 Å². The molecular weight excluding hydrogens is 574 g/mol. The van der Waals surface area contributed by atoms with Crippen molar-refractivity contribution in [2.75, 3.05) is 19.6 Å². The van der Waals surface area contributed by atoms with Crippen molar-refractivity contribution in [3.63, 3.8) is 0 Å². The first-order valence-electron chi connectivity index (χ1n) is 12.1. The smallest absolute Gasteiger partial charge is 0.355 e. The molecule has 2 unspecified atom stereocenters. The number of hydrogen-bond donors (Lipinski definition) is 1. The quantitative estimate of drug-likeness (QED) is 0.233. The monoisotopic (exact) mass is 602 g/mol. The molecule has 1 aromatic heterocycles. The number of carbonyl (C=O) groups excluding carboxylic acids is 2. The van der Waals surface area contributed by atoms with Crippen molar-refractivity contribution >= 4 is 51.5 Å². The molecule has 3 rings (SSSR count). The van der Waals surface area contributed by atoms with Crippen LogP contribution in [0, 0.1) is 5.92 Å². The minimum Gasteiger partial charge on any atom is -0.355 e. The molecule has 1 saturated heterocycles. The number of halogens is 7. The molecule has 6 nitrogen and oxygen atoms in total. The second-order valence-electron chi connectivity index (χ2n) is 9.52. The zero-order chi connectivity index (χ0) is 28.3. The van der Waals surface area contributed by atoms with E-state index in [4.69, 9.17) is 23.2 Å². The molecular formula is C24H29Cl2F5N4O2S. The summed E-state index contributed by atoms with van der Waals surface area (Å²) in [5.41, 5.74) is 0.409.